The lowest BCUT2D eigenvalue weighted by Gasteiger charge is -2.27. The zero-order valence-corrected chi connectivity index (χ0v) is 13.5. The van der Waals surface area contributed by atoms with Crippen molar-refractivity contribution in [2.75, 3.05) is 5.75 Å². The molecule has 1 aromatic heterocycles. The van der Waals surface area contributed by atoms with Gasteiger partial charge in [0.15, 0.2) is 5.69 Å². The first-order chi connectivity index (χ1) is 11.5. The first-order valence-corrected chi connectivity index (χ1v) is 8.53. The predicted octanol–water partition coefficient (Wildman–Crippen LogP) is 4.60. The molecule has 0 aliphatic heterocycles. The summed E-state index contributed by atoms with van der Waals surface area (Å²) in [7, 11) is 0. The molecule has 8 heteroatoms. The number of nitrogens with zero attached hydrogens (tertiary/aromatic N) is 3. The van der Waals surface area contributed by atoms with Crippen LogP contribution in [0.2, 0.25) is 0 Å². The van der Waals surface area contributed by atoms with Crippen molar-refractivity contribution in [3.8, 4) is 0 Å². The van der Waals surface area contributed by atoms with Crippen LogP contribution in [0.3, 0.4) is 0 Å². The minimum absolute atomic E-state index is 0.0606. The summed E-state index contributed by atoms with van der Waals surface area (Å²) >= 11 is 1.40. The molecule has 1 fully saturated rings. The summed E-state index contributed by atoms with van der Waals surface area (Å²) in [5.74, 6) is 0.260. The van der Waals surface area contributed by atoms with Crippen LogP contribution >= 0.6 is 11.8 Å². The molecular formula is C16H16F3N3OS. The highest BCUT2D eigenvalue weighted by atomic mass is 32.2. The Bertz CT molecular complexity index is 724. The third kappa shape index (κ3) is 3.58. The Hall–Kier alpha value is -1.96. The molecular weight excluding hydrogens is 339 g/mol. The van der Waals surface area contributed by atoms with E-state index in [1.54, 1.807) is 0 Å². The van der Waals surface area contributed by atoms with Crippen LogP contribution in [-0.4, -0.2) is 26.5 Å². The third-order valence-corrected chi connectivity index (χ3v) is 5.01. The first-order valence-electron chi connectivity index (χ1n) is 7.55. The van der Waals surface area contributed by atoms with Crippen LogP contribution < -0.4 is 0 Å². The van der Waals surface area contributed by atoms with Gasteiger partial charge in [-0.25, -0.2) is 0 Å². The molecule has 1 heterocycles. The van der Waals surface area contributed by atoms with Crippen LogP contribution in [0.4, 0.5) is 13.2 Å². The zero-order valence-electron chi connectivity index (χ0n) is 12.7. The molecule has 3 rings (SSSR count). The highest BCUT2D eigenvalue weighted by Gasteiger charge is 2.37. The van der Waals surface area contributed by atoms with E-state index in [2.05, 4.69) is 10.3 Å². The summed E-state index contributed by atoms with van der Waals surface area (Å²) in [4.78, 5) is 0.949. The van der Waals surface area contributed by atoms with E-state index in [1.807, 2.05) is 30.3 Å². The number of thioether (sulfide) groups is 1. The molecule has 1 N–H and O–H groups in total. The second kappa shape index (κ2) is 6.88. The van der Waals surface area contributed by atoms with E-state index >= 15 is 0 Å². The highest BCUT2D eigenvalue weighted by molar-refractivity contribution is 8.00. The Morgan fingerprint density at radius 3 is 2.54 bits per heavy atom. The number of aromatic nitrogens is 2. The molecule has 4 nitrogen and oxygen atoms in total. The fourth-order valence-corrected chi connectivity index (χ4v) is 3.34. The maximum atomic E-state index is 13.0. The van der Waals surface area contributed by atoms with Crippen molar-refractivity contribution < 1.29 is 18.4 Å². The maximum Gasteiger partial charge on any atom is 0.435 e. The average molecular weight is 355 g/mol. The van der Waals surface area contributed by atoms with Gasteiger partial charge in [-0.2, -0.15) is 18.3 Å². The van der Waals surface area contributed by atoms with Gasteiger partial charge in [-0.15, -0.1) is 11.8 Å². The van der Waals surface area contributed by atoms with Gasteiger partial charge in [0.25, 0.3) is 0 Å². The Morgan fingerprint density at radius 2 is 2.00 bits per heavy atom. The minimum Gasteiger partial charge on any atom is -0.411 e. The van der Waals surface area contributed by atoms with E-state index in [4.69, 9.17) is 0 Å². The van der Waals surface area contributed by atoms with Crippen LogP contribution in [0, 0.1) is 0 Å². The van der Waals surface area contributed by atoms with E-state index in [0.29, 0.717) is 0 Å². The molecule has 0 amide bonds. The van der Waals surface area contributed by atoms with E-state index in [1.165, 1.54) is 16.4 Å². The van der Waals surface area contributed by atoms with Crippen molar-refractivity contribution in [2.24, 2.45) is 5.16 Å². The molecule has 0 unspecified atom stereocenters. The molecule has 0 spiro atoms. The fraction of sp³-hybridized carbons (Fsp3) is 0.375. The second-order valence-electron chi connectivity index (χ2n) is 5.59. The Kier molecular flexibility index (Phi) is 4.84. The second-order valence-corrected chi connectivity index (χ2v) is 6.64. The molecule has 1 saturated carbocycles. The zero-order chi connectivity index (χ0) is 17.2. The first kappa shape index (κ1) is 16.9. The lowest BCUT2D eigenvalue weighted by Crippen LogP contribution is -2.23. The maximum absolute atomic E-state index is 13.0. The van der Waals surface area contributed by atoms with Crippen LogP contribution in [0.25, 0.3) is 0 Å². The molecule has 1 aliphatic carbocycles. The Morgan fingerprint density at radius 1 is 1.29 bits per heavy atom. The van der Waals surface area contributed by atoms with Crippen molar-refractivity contribution in [1.29, 1.82) is 0 Å². The number of rotatable bonds is 5. The number of halogens is 3. The van der Waals surface area contributed by atoms with Gasteiger partial charge in [-0.3, -0.25) is 4.68 Å². The molecule has 0 bridgehead atoms. The quantitative estimate of drug-likeness (QED) is 0.369. The summed E-state index contributed by atoms with van der Waals surface area (Å²) < 4.78 is 40.4. The Balaban J connectivity index is 1.86. The Labute approximate surface area is 141 Å². The largest absolute Gasteiger partial charge is 0.435 e. The molecule has 2 aromatic rings. The van der Waals surface area contributed by atoms with Gasteiger partial charge in [0, 0.05) is 10.6 Å². The van der Waals surface area contributed by atoms with Gasteiger partial charge in [0.1, 0.15) is 5.71 Å². The van der Waals surface area contributed by atoms with Crippen molar-refractivity contribution in [3.05, 3.63) is 47.8 Å². The number of benzene rings is 1. The van der Waals surface area contributed by atoms with Crippen LogP contribution in [0.1, 0.15) is 36.7 Å². The van der Waals surface area contributed by atoms with E-state index < -0.39 is 11.9 Å². The molecule has 128 valence electrons. The van der Waals surface area contributed by atoms with Gasteiger partial charge < -0.3 is 5.21 Å². The standard InChI is InChI=1S/C16H16F3N3OS/c17-16(18,19)15-9-14(22(20-15)11-5-4-6-11)13(21-23)10-24-12-7-2-1-3-8-12/h1-3,7-9,11,23H,4-6,10H2/b21-13+. The van der Waals surface area contributed by atoms with Gasteiger partial charge in [0.2, 0.25) is 0 Å². The summed E-state index contributed by atoms with van der Waals surface area (Å²) in [6.45, 7) is 0. The summed E-state index contributed by atoms with van der Waals surface area (Å²) in [6, 6.07) is 10.3. The molecule has 0 saturated heterocycles. The van der Waals surface area contributed by atoms with Gasteiger partial charge in [-0.1, -0.05) is 23.4 Å². The lowest BCUT2D eigenvalue weighted by molar-refractivity contribution is -0.141. The van der Waals surface area contributed by atoms with Crippen molar-refractivity contribution in [1.82, 2.24) is 9.78 Å². The highest BCUT2D eigenvalue weighted by Crippen LogP contribution is 2.36. The van der Waals surface area contributed by atoms with Crippen LogP contribution in [0.15, 0.2) is 46.4 Å². The lowest BCUT2D eigenvalue weighted by atomic mass is 9.93. The van der Waals surface area contributed by atoms with Crippen LogP contribution in [0.5, 0.6) is 0 Å². The van der Waals surface area contributed by atoms with Gasteiger partial charge >= 0.3 is 6.18 Å². The molecule has 24 heavy (non-hydrogen) atoms. The average Bonchev–Trinajstić information content (AvgIpc) is 2.92. The van der Waals surface area contributed by atoms with E-state index in [-0.39, 0.29) is 23.2 Å². The minimum atomic E-state index is -4.52. The topological polar surface area (TPSA) is 50.4 Å². The van der Waals surface area contributed by atoms with E-state index in [9.17, 15) is 18.4 Å². The number of alkyl halides is 3. The predicted molar refractivity (Wildman–Crippen MR) is 85.6 cm³/mol. The van der Waals surface area contributed by atoms with Crippen molar-refractivity contribution in [3.63, 3.8) is 0 Å². The van der Waals surface area contributed by atoms with Crippen molar-refractivity contribution in [2.45, 2.75) is 36.4 Å². The van der Waals surface area contributed by atoms with Gasteiger partial charge in [0.05, 0.1) is 11.7 Å². The monoisotopic (exact) mass is 355 g/mol. The number of hydrogen-bond donors (Lipinski definition) is 1. The van der Waals surface area contributed by atoms with Crippen molar-refractivity contribution >= 4 is 17.5 Å². The number of oxime groups is 1. The number of hydrogen-bond acceptors (Lipinski definition) is 4. The smallest absolute Gasteiger partial charge is 0.411 e. The molecule has 1 aliphatic rings. The normalized spacial score (nSPS) is 16.2. The third-order valence-electron chi connectivity index (χ3n) is 3.98. The summed E-state index contributed by atoms with van der Waals surface area (Å²) in [5, 5.41) is 16.3. The molecule has 1 aromatic carbocycles. The summed E-state index contributed by atoms with van der Waals surface area (Å²) in [5.41, 5.74) is -0.521. The fourth-order valence-electron chi connectivity index (χ4n) is 2.48. The van der Waals surface area contributed by atoms with E-state index in [0.717, 1.165) is 30.2 Å². The van der Waals surface area contributed by atoms with Gasteiger partial charge in [-0.05, 0) is 37.5 Å². The SMILES string of the molecule is O/N=C(\CSc1ccccc1)c1cc(C(F)(F)F)nn1C1CCC1. The molecule has 0 atom stereocenters. The van der Waals surface area contributed by atoms with Crippen LogP contribution in [-0.2, 0) is 6.18 Å². The molecule has 0 radical (unpaired) electrons. The summed E-state index contributed by atoms with van der Waals surface area (Å²) in [6.07, 6.45) is -1.97.